The summed E-state index contributed by atoms with van der Waals surface area (Å²) in [5.41, 5.74) is 1.99. The van der Waals surface area contributed by atoms with Gasteiger partial charge < -0.3 is 4.90 Å². The highest BCUT2D eigenvalue weighted by Gasteiger charge is 2.35. The number of carbonyl (C=O) groups is 1. The lowest BCUT2D eigenvalue weighted by atomic mass is 9.96. The molecule has 7 heteroatoms. The monoisotopic (exact) mass is 337 g/mol. The van der Waals surface area contributed by atoms with E-state index in [1.54, 1.807) is 29.0 Å². The quantitative estimate of drug-likeness (QED) is 0.786. The molecule has 6 nitrogen and oxygen atoms in total. The summed E-state index contributed by atoms with van der Waals surface area (Å²) in [5, 5.41) is 4.12. The molecule has 1 amide bonds. The van der Waals surface area contributed by atoms with E-state index in [9.17, 15) is 13.2 Å². The van der Waals surface area contributed by atoms with Gasteiger partial charge in [-0.25, -0.2) is 8.42 Å². The third kappa shape index (κ3) is 3.83. The minimum atomic E-state index is -3.12. The predicted octanol–water partition coefficient (Wildman–Crippen LogP) is 1.61. The second-order valence-electron chi connectivity index (χ2n) is 6.45. The van der Waals surface area contributed by atoms with Crippen molar-refractivity contribution in [2.45, 2.75) is 38.1 Å². The Morgan fingerprint density at radius 1 is 1.39 bits per heavy atom. The van der Waals surface area contributed by atoms with E-state index in [4.69, 9.17) is 0 Å². The van der Waals surface area contributed by atoms with Crippen molar-refractivity contribution in [2.75, 3.05) is 18.1 Å². The summed E-state index contributed by atoms with van der Waals surface area (Å²) in [6.45, 7) is 0.272. The number of hydrogen-bond acceptors (Lipinski definition) is 4. The first-order chi connectivity index (χ1) is 10.9. The smallest absolute Gasteiger partial charge is 0.227 e. The zero-order valence-corrected chi connectivity index (χ0v) is 14.3. The first-order valence-corrected chi connectivity index (χ1v) is 9.93. The minimum Gasteiger partial charge on any atom is -0.333 e. The molecule has 2 aliphatic rings. The molecule has 1 fully saturated rings. The second kappa shape index (κ2) is 6.47. The summed E-state index contributed by atoms with van der Waals surface area (Å²) in [5.74, 6) is 0.0693. The molecule has 0 spiro atoms. The maximum absolute atomic E-state index is 12.7. The zero-order valence-electron chi connectivity index (χ0n) is 13.4. The van der Waals surface area contributed by atoms with Gasteiger partial charge in [0.15, 0.2) is 9.84 Å². The lowest BCUT2D eigenvalue weighted by Crippen LogP contribution is -2.46. The normalized spacial score (nSPS) is 24.3. The van der Waals surface area contributed by atoms with E-state index in [0.29, 0.717) is 6.42 Å². The summed E-state index contributed by atoms with van der Waals surface area (Å²) in [4.78, 5) is 14.5. The SMILES string of the molecule is Cn1cc(C2CS(=O)(=O)CCN2C(=O)CC2=CCCCC2)cn1. The number of sulfone groups is 1. The molecule has 0 N–H and O–H groups in total. The molecule has 0 saturated carbocycles. The topological polar surface area (TPSA) is 72.3 Å². The van der Waals surface area contributed by atoms with Crippen molar-refractivity contribution < 1.29 is 13.2 Å². The molecule has 3 rings (SSSR count). The van der Waals surface area contributed by atoms with E-state index >= 15 is 0 Å². The van der Waals surface area contributed by atoms with E-state index < -0.39 is 15.9 Å². The Bertz CT molecular complexity index is 721. The molecule has 0 bridgehead atoms. The van der Waals surface area contributed by atoms with Gasteiger partial charge in [-0.05, 0) is 25.7 Å². The molecule has 1 aliphatic heterocycles. The fourth-order valence-corrected chi connectivity index (χ4v) is 4.85. The molecule has 1 saturated heterocycles. The number of aromatic nitrogens is 2. The maximum atomic E-state index is 12.7. The number of allylic oxidation sites excluding steroid dienone is 1. The van der Waals surface area contributed by atoms with Crippen LogP contribution in [0.15, 0.2) is 24.0 Å². The van der Waals surface area contributed by atoms with Crippen molar-refractivity contribution in [3.05, 3.63) is 29.6 Å². The van der Waals surface area contributed by atoms with Gasteiger partial charge in [0, 0.05) is 31.8 Å². The standard InChI is InChI=1S/C16H23N3O3S/c1-18-11-14(10-17-18)15-12-23(21,22)8-7-19(15)16(20)9-13-5-3-2-4-6-13/h5,10-11,15H,2-4,6-9,12H2,1H3. The average Bonchev–Trinajstić information content (AvgIpc) is 2.94. The van der Waals surface area contributed by atoms with Crippen molar-refractivity contribution in [2.24, 2.45) is 7.05 Å². The highest BCUT2D eigenvalue weighted by Crippen LogP contribution is 2.29. The van der Waals surface area contributed by atoms with Crippen molar-refractivity contribution >= 4 is 15.7 Å². The van der Waals surface area contributed by atoms with E-state index in [-0.39, 0.29) is 24.0 Å². The largest absolute Gasteiger partial charge is 0.333 e. The van der Waals surface area contributed by atoms with Gasteiger partial charge in [0.05, 0.1) is 23.7 Å². The number of hydrogen-bond donors (Lipinski definition) is 0. The van der Waals surface area contributed by atoms with Gasteiger partial charge in [0.1, 0.15) is 0 Å². The molecule has 1 unspecified atom stereocenters. The fourth-order valence-electron chi connectivity index (χ4n) is 3.35. The Morgan fingerprint density at radius 2 is 2.22 bits per heavy atom. The van der Waals surface area contributed by atoms with E-state index in [1.807, 2.05) is 0 Å². The number of rotatable bonds is 3. The highest BCUT2D eigenvalue weighted by atomic mass is 32.2. The zero-order chi connectivity index (χ0) is 16.4. The summed E-state index contributed by atoms with van der Waals surface area (Å²) >= 11 is 0. The minimum absolute atomic E-state index is 0.0104. The average molecular weight is 337 g/mol. The Labute approximate surface area is 137 Å². The third-order valence-electron chi connectivity index (χ3n) is 4.62. The summed E-state index contributed by atoms with van der Waals surface area (Å²) in [6.07, 6.45) is 10.4. The molecule has 1 aliphatic carbocycles. The van der Waals surface area contributed by atoms with Crippen molar-refractivity contribution in [3.63, 3.8) is 0 Å². The van der Waals surface area contributed by atoms with Crippen molar-refractivity contribution in [1.29, 1.82) is 0 Å². The summed E-state index contributed by atoms with van der Waals surface area (Å²) in [6, 6.07) is -0.417. The Kier molecular flexibility index (Phi) is 4.57. The number of nitrogens with zero attached hydrogens (tertiary/aromatic N) is 3. The maximum Gasteiger partial charge on any atom is 0.227 e. The van der Waals surface area contributed by atoms with Crippen LogP contribution >= 0.6 is 0 Å². The lowest BCUT2D eigenvalue weighted by molar-refractivity contribution is -0.132. The summed E-state index contributed by atoms with van der Waals surface area (Å²) < 4.78 is 25.7. The molecule has 1 atom stereocenters. The van der Waals surface area contributed by atoms with E-state index in [1.165, 1.54) is 12.0 Å². The van der Waals surface area contributed by atoms with Gasteiger partial charge in [0.25, 0.3) is 0 Å². The molecule has 23 heavy (non-hydrogen) atoms. The number of carbonyl (C=O) groups excluding carboxylic acids is 1. The van der Waals surface area contributed by atoms with Crippen LogP contribution in [0.25, 0.3) is 0 Å². The molecule has 0 radical (unpaired) electrons. The van der Waals surface area contributed by atoms with Gasteiger partial charge >= 0.3 is 0 Å². The van der Waals surface area contributed by atoms with Gasteiger partial charge in [0.2, 0.25) is 5.91 Å². The van der Waals surface area contributed by atoms with Crippen molar-refractivity contribution in [1.82, 2.24) is 14.7 Å². The van der Waals surface area contributed by atoms with E-state index in [0.717, 1.165) is 24.8 Å². The van der Waals surface area contributed by atoms with Crippen LogP contribution < -0.4 is 0 Å². The van der Waals surface area contributed by atoms with Gasteiger partial charge in [-0.15, -0.1) is 0 Å². The Hall–Kier alpha value is -1.63. The van der Waals surface area contributed by atoms with Gasteiger partial charge in [-0.3, -0.25) is 9.48 Å². The molecule has 126 valence electrons. The van der Waals surface area contributed by atoms with Crippen LogP contribution in [-0.4, -0.2) is 47.1 Å². The third-order valence-corrected chi connectivity index (χ3v) is 6.25. The first kappa shape index (κ1) is 16.2. The van der Waals surface area contributed by atoms with Crippen LogP contribution in [0.4, 0.5) is 0 Å². The number of amides is 1. The lowest BCUT2D eigenvalue weighted by Gasteiger charge is -2.35. The van der Waals surface area contributed by atoms with Crippen molar-refractivity contribution in [3.8, 4) is 0 Å². The molecular formula is C16H23N3O3S. The molecule has 1 aromatic rings. The molecular weight excluding hydrogens is 314 g/mol. The van der Waals surface area contributed by atoms with Crippen LogP contribution in [0.1, 0.15) is 43.7 Å². The first-order valence-electron chi connectivity index (χ1n) is 8.11. The van der Waals surface area contributed by atoms with Crippen LogP contribution in [0.3, 0.4) is 0 Å². The molecule has 1 aromatic heterocycles. The number of aryl methyl sites for hydroxylation is 1. The van der Waals surface area contributed by atoms with Crippen LogP contribution in [0, 0.1) is 0 Å². The Morgan fingerprint density at radius 3 is 2.87 bits per heavy atom. The highest BCUT2D eigenvalue weighted by molar-refractivity contribution is 7.91. The van der Waals surface area contributed by atoms with Crippen LogP contribution in [-0.2, 0) is 21.7 Å². The van der Waals surface area contributed by atoms with Gasteiger partial charge in [-0.1, -0.05) is 11.6 Å². The Balaban J connectivity index is 1.80. The second-order valence-corrected chi connectivity index (χ2v) is 8.68. The van der Waals surface area contributed by atoms with Crippen LogP contribution in [0.2, 0.25) is 0 Å². The summed E-state index contributed by atoms with van der Waals surface area (Å²) in [7, 11) is -1.32. The molecule has 2 heterocycles. The van der Waals surface area contributed by atoms with Gasteiger partial charge in [-0.2, -0.15) is 5.10 Å². The van der Waals surface area contributed by atoms with E-state index in [2.05, 4.69) is 11.2 Å². The predicted molar refractivity (Wildman–Crippen MR) is 87.5 cm³/mol. The fraction of sp³-hybridized carbons (Fsp3) is 0.625. The van der Waals surface area contributed by atoms with Crippen LogP contribution in [0.5, 0.6) is 0 Å². The molecule has 0 aromatic carbocycles.